The van der Waals surface area contributed by atoms with Gasteiger partial charge in [0.15, 0.2) is 0 Å². The van der Waals surface area contributed by atoms with Gasteiger partial charge < -0.3 is 15.8 Å². The molecule has 2 aromatic carbocycles. The lowest BCUT2D eigenvalue weighted by molar-refractivity contribution is -0.120. The van der Waals surface area contributed by atoms with Crippen LogP contribution in [-0.2, 0) is 4.79 Å². The van der Waals surface area contributed by atoms with E-state index in [0.29, 0.717) is 23.5 Å². The average Bonchev–Trinajstić information content (AvgIpc) is 2.54. The van der Waals surface area contributed by atoms with Crippen LogP contribution >= 0.6 is 0 Å². The van der Waals surface area contributed by atoms with Gasteiger partial charge in [0.05, 0.1) is 6.61 Å². The summed E-state index contributed by atoms with van der Waals surface area (Å²) in [6.45, 7) is 2.45. The van der Waals surface area contributed by atoms with Crippen LogP contribution in [0.3, 0.4) is 0 Å². The van der Waals surface area contributed by atoms with Gasteiger partial charge in [-0.15, -0.1) is 0 Å². The Morgan fingerprint density at radius 2 is 1.73 bits per heavy atom. The Bertz CT molecular complexity index is 639. The van der Waals surface area contributed by atoms with Gasteiger partial charge in [0.25, 0.3) is 5.91 Å². The first-order chi connectivity index (χ1) is 10.6. The van der Waals surface area contributed by atoms with Crippen LogP contribution in [0.15, 0.2) is 54.6 Å². The summed E-state index contributed by atoms with van der Waals surface area (Å²) in [6.07, 6.45) is 0. The lowest BCUT2D eigenvalue weighted by Crippen LogP contribution is -2.37. The molecule has 0 saturated carbocycles. The minimum Gasteiger partial charge on any atom is -0.494 e. The highest BCUT2D eigenvalue weighted by molar-refractivity contribution is 5.97. The van der Waals surface area contributed by atoms with Crippen molar-refractivity contribution >= 4 is 11.8 Å². The number of amides is 2. The van der Waals surface area contributed by atoms with Crippen molar-refractivity contribution < 1.29 is 14.3 Å². The Morgan fingerprint density at radius 1 is 1.09 bits per heavy atom. The molecule has 0 aromatic heterocycles. The van der Waals surface area contributed by atoms with Crippen LogP contribution in [0.2, 0.25) is 0 Å². The van der Waals surface area contributed by atoms with E-state index in [1.54, 1.807) is 48.5 Å². The molecule has 0 radical (unpaired) electrons. The molecule has 2 rings (SSSR count). The van der Waals surface area contributed by atoms with Crippen LogP contribution in [0.1, 0.15) is 28.9 Å². The van der Waals surface area contributed by atoms with Gasteiger partial charge >= 0.3 is 0 Å². The molecule has 114 valence electrons. The van der Waals surface area contributed by atoms with E-state index in [1.807, 2.05) is 13.0 Å². The van der Waals surface area contributed by atoms with E-state index in [0.717, 1.165) is 0 Å². The van der Waals surface area contributed by atoms with Gasteiger partial charge in [-0.3, -0.25) is 9.59 Å². The number of benzene rings is 2. The third-order valence-corrected chi connectivity index (χ3v) is 3.12. The summed E-state index contributed by atoms with van der Waals surface area (Å²) in [5.41, 5.74) is 6.47. The molecule has 3 N–H and O–H groups in total. The van der Waals surface area contributed by atoms with Crippen LogP contribution in [0.25, 0.3) is 0 Å². The van der Waals surface area contributed by atoms with E-state index in [-0.39, 0.29) is 5.91 Å². The summed E-state index contributed by atoms with van der Waals surface area (Å²) >= 11 is 0. The zero-order chi connectivity index (χ0) is 15.9. The van der Waals surface area contributed by atoms with Crippen molar-refractivity contribution in [2.24, 2.45) is 5.73 Å². The molecule has 0 saturated heterocycles. The number of carbonyl (C=O) groups is 2. The largest absolute Gasteiger partial charge is 0.494 e. The predicted molar refractivity (Wildman–Crippen MR) is 83.5 cm³/mol. The lowest BCUT2D eigenvalue weighted by atomic mass is 10.1. The van der Waals surface area contributed by atoms with Crippen LogP contribution < -0.4 is 15.8 Å². The van der Waals surface area contributed by atoms with Gasteiger partial charge in [0.2, 0.25) is 5.91 Å². The molecular formula is C17H18N2O3. The standard InChI is InChI=1S/C17H18N2O3/c1-2-22-14-10-8-13(9-11-14)17(21)19-15(16(18)20)12-6-4-3-5-7-12/h3-11,15H,2H2,1H3,(H2,18,20)(H,19,21). The molecule has 0 spiro atoms. The second-order valence-electron chi connectivity index (χ2n) is 4.68. The first-order valence-electron chi connectivity index (χ1n) is 6.99. The molecular weight excluding hydrogens is 280 g/mol. The monoisotopic (exact) mass is 298 g/mol. The Morgan fingerprint density at radius 3 is 2.27 bits per heavy atom. The lowest BCUT2D eigenvalue weighted by Gasteiger charge is -2.16. The molecule has 0 heterocycles. The zero-order valence-electron chi connectivity index (χ0n) is 12.3. The van der Waals surface area contributed by atoms with E-state index in [1.165, 1.54) is 0 Å². The number of nitrogens with two attached hydrogens (primary N) is 1. The quantitative estimate of drug-likeness (QED) is 0.856. The van der Waals surface area contributed by atoms with E-state index in [2.05, 4.69) is 5.32 Å². The van der Waals surface area contributed by atoms with Gasteiger partial charge in [-0.05, 0) is 36.8 Å². The fourth-order valence-corrected chi connectivity index (χ4v) is 2.05. The molecule has 1 unspecified atom stereocenters. The van der Waals surface area contributed by atoms with Crippen molar-refractivity contribution in [3.8, 4) is 5.75 Å². The molecule has 0 aliphatic carbocycles. The molecule has 2 amide bonds. The smallest absolute Gasteiger partial charge is 0.252 e. The van der Waals surface area contributed by atoms with Crippen LogP contribution in [0, 0.1) is 0 Å². The molecule has 5 nitrogen and oxygen atoms in total. The summed E-state index contributed by atoms with van der Waals surface area (Å²) in [5.74, 6) is -0.283. The van der Waals surface area contributed by atoms with Crippen molar-refractivity contribution in [2.45, 2.75) is 13.0 Å². The number of hydrogen-bond acceptors (Lipinski definition) is 3. The first kappa shape index (κ1) is 15.6. The third kappa shape index (κ3) is 3.85. The number of carbonyl (C=O) groups excluding carboxylic acids is 2. The number of rotatable bonds is 6. The van der Waals surface area contributed by atoms with Crippen molar-refractivity contribution in [1.29, 1.82) is 0 Å². The van der Waals surface area contributed by atoms with Gasteiger partial charge in [0.1, 0.15) is 11.8 Å². The molecule has 22 heavy (non-hydrogen) atoms. The van der Waals surface area contributed by atoms with Crippen LogP contribution in [0.5, 0.6) is 5.75 Å². The summed E-state index contributed by atoms with van der Waals surface area (Å²) in [4.78, 5) is 23.8. The Kier molecular flexibility index (Phi) is 5.14. The topological polar surface area (TPSA) is 81.4 Å². The number of ether oxygens (including phenoxy) is 1. The molecule has 0 aliphatic heterocycles. The normalized spacial score (nSPS) is 11.5. The summed E-state index contributed by atoms with van der Waals surface area (Å²) < 4.78 is 5.32. The van der Waals surface area contributed by atoms with Gasteiger partial charge in [-0.2, -0.15) is 0 Å². The Hall–Kier alpha value is -2.82. The predicted octanol–water partition coefficient (Wildman–Crippen LogP) is 2.04. The minimum atomic E-state index is -0.861. The molecule has 2 aromatic rings. The average molecular weight is 298 g/mol. The molecule has 0 bridgehead atoms. The second-order valence-corrected chi connectivity index (χ2v) is 4.68. The van der Waals surface area contributed by atoms with Gasteiger partial charge in [0, 0.05) is 5.56 Å². The van der Waals surface area contributed by atoms with E-state index >= 15 is 0 Å². The maximum absolute atomic E-state index is 12.2. The maximum Gasteiger partial charge on any atom is 0.252 e. The van der Waals surface area contributed by atoms with E-state index in [9.17, 15) is 9.59 Å². The highest BCUT2D eigenvalue weighted by Crippen LogP contribution is 2.15. The third-order valence-electron chi connectivity index (χ3n) is 3.12. The fraction of sp³-hybridized carbons (Fsp3) is 0.176. The van der Waals surface area contributed by atoms with E-state index < -0.39 is 11.9 Å². The number of nitrogens with one attached hydrogen (secondary N) is 1. The van der Waals surface area contributed by atoms with Crippen molar-refractivity contribution in [1.82, 2.24) is 5.32 Å². The first-order valence-corrected chi connectivity index (χ1v) is 6.99. The van der Waals surface area contributed by atoms with Crippen LogP contribution in [0.4, 0.5) is 0 Å². The number of primary amides is 1. The fourth-order valence-electron chi connectivity index (χ4n) is 2.05. The van der Waals surface area contributed by atoms with E-state index in [4.69, 9.17) is 10.5 Å². The zero-order valence-corrected chi connectivity index (χ0v) is 12.3. The Labute approximate surface area is 129 Å². The summed E-state index contributed by atoms with van der Waals surface area (Å²) in [7, 11) is 0. The van der Waals surface area contributed by atoms with Crippen molar-refractivity contribution in [3.05, 3.63) is 65.7 Å². The minimum absolute atomic E-state index is 0.365. The molecule has 1 atom stereocenters. The van der Waals surface area contributed by atoms with Gasteiger partial charge in [-0.25, -0.2) is 0 Å². The highest BCUT2D eigenvalue weighted by Gasteiger charge is 2.20. The van der Waals surface area contributed by atoms with Crippen LogP contribution in [-0.4, -0.2) is 18.4 Å². The molecule has 0 fully saturated rings. The SMILES string of the molecule is CCOc1ccc(C(=O)NC(C(N)=O)c2ccccc2)cc1. The summed E-state index contributed by atoms with van der Waals surface area (Å²) in [5, 5.41) is 2.65. The maximum atomic E-state index is 12.2. The summed E-state index contributed by atoms with van der Waals surface area (Å²) in [6, 6.07) is 14.7. The molecule has 5 heteroatoms. The van der Waals surface area contributed by atoms with Crippen molar-refractivity contribution in [3.63, 3.8) is 0 Å². The van der Waals surface area contributed by atoms with Crippen molar-refractivity contribution in [2.75, 3.05) is 6.61 Å². The Balaban J connectivity index is 2.13. The number of hydrogen-bond donors (Lipinski definition) is 2. The molecule has 0 aliphatic rings. The van der Waals surface area contributed by atoms with Gasteiger partial charge in [-0.1, -0.05) is 30.3 Å². The highest BCUT2D eigenvalue weighted by atomic mass is 16.5. The second kappa shape index (κ2) is 7.26.